The second-order valence-corrected chi connectivity index (χ2v) is 4.17. The van der Waals surface area contributed by atoms with E-state index in [4.69, 9.17) is 0 Å². The van der Waals surface area contributed by atoms with Gasteiger partial charge in [-0.25, -0.2) is 9.37 Å². The number of halogens is 1. The molecule has 1 aromatic carbocycles. The van der Waals surface area contributed by atoms with Crippen LogP contribution >= 0.6 is 11.8 Å². The first kappa shape index (κ1) is 11.1. The molecule has 1 aromatic heterocycles. The molecule has 6 heteroatoms. The number of hydrogen-bond acceptors (Lipinski definition) is 4. The number of nitrogens with one attached hydrogen (secondary N) is 2. The Morgan fingerprint density at radius 1 is 1.50 bits per heavy atom. The quantitative estimate of drug-likeness (QED) is 0.853. The van der Waals surface area contributed by atoms with Crippen molar-refractivity contribution >= 4 is 11.8 Å². The van der Waals surface area contributed by atoms with Gasteiger partial charge < -0.3 is 5.32 Å². The summed E-state index contributed by atoms with van der Waals surface area (Å²) in [5.41, 5.74) is 0.645. The molecule has 16 heavy (non-hydrogen) atoms. The second kappa shape index (κ2) is 5.09. The number of H-pyrrole nitrogens is 1. The summed E-state index contributed by atoms with van der Waals surface area (Å²) in [7, 11) is 1.79. The van der Waals surface area contributed by atoms with E-state index in [2.05, 4.69) is 20.5 Å². The van der Waals surface area contributed by atoms with Gasteiger partial charge in [0, 0.05) is 17.0 Å². The number of hydrogen-bond donors (Lipinski definition) is 2. The topological polar surface area (TPSA) is 53.6 Å². The van der Waals surface area contributed by atoms with Gasteiger partial charge in [-0.1, -0.05) is 6.07 Å². The van der Waals surface area contributed by atoms with Gasteiger partial charge in [0.2, 0.25) is 0 Å². The van der Waals surface area contributed by atoms with Crippen molar-refractivity contribution in [1.29, 1.82) is 0 Å². The molecule has 0 spiro atoms. The van der Waals surface area contributed by atoms with Crippen LogP contribution in [0.25, 0.3) is 0 Å². The molecule has 0 saturated heterocycles. The molecular formula is C10H11FN4S. The summed E-state index contributed by atoms with van der Waals surface area (Å²) in [5.74, 6) is -0.209. The lowest BCUT2D eigenvalue weighted by molar-refractivity contribution is 0.593. The van der Waals surface area contributed by atoms with Gasteiger partial charge in [0.25, 0.3) is 0 Å². The van der Waals surface area contributed by atoms with Crippen LogP contribution in [0.4, 0.5) is 4.39 Å². The highest BCUT2D eigenvalue weighted by molar-refractivity contribution is 7.99. The molecule has 84 valence electrons. The maximum Gasteiger partial charge on any atom is 0.188 e. The molecule has 0 aliphatic carbocycles. The first-order valence-electron chi connectivity index (χ1n) is 4.76. The van der Waals surface area contributed by atoms with Crippen LogP contribution in [0.5, 0.6) is 0 Å². The lowest BCUT2D eigenvalue weighted by Gasteiger charge is -2.07. The molecule has 0 radical (unpaired) electrons. The molecule has 4 nitrogen and oxygen atoms in total. The fourth-order valence-corrected chi connectivity index (χ4v) is 2.18. The van der Waals surface area contributed by atoms with Crippen molar-refractivity contribution < 1.29 is 4.39 Å². The summed E-state index contributed by atoms with van der Waals surface area (Å²) in [5, 5.41) is 10.1. The molecule has 2 aromatic rings. The van der Waals surface area contributed by atoms with Crippen LogP contribution in [-0.4, -0.2) is 22.2 Å². The molecule has 0 aliphatic heterocycles. The molecule has 1 heterocycles. The Labute approximate surface area is 96.7 Å². The molecule has 2 rings (SSSR count). The summed E-state index contributed by atoms with van der Waals surface area (Å²) < 4.78 is 13.6. The number of nitrogens with zero attached hydrogens (tertiary/aromatic N) is 2. The van der Waals surface area contributed by atoms with E-state index in [9.17, 15) is 4.39 Å². The summed E-state index contributed by atoms with van der Waals surface area (Å²) in [6.07, 6.45) is 1.43. The Balaban J connectivity index is 2.29. The van der Waals surface area contributed by atoms with Crippen molar-refractivity contribution in [3.63, 3.8) is 0 Å². The van der Waals surface area contributed by atoms with E-state index >= 15 is 0 Å². The summed E-state index contributed by atoms with van der Waals surface area (Å²) in [6.45, 7) is 0.489. The van der Waals surface area contributed by atoms with Crippen LogP contribution in [0.2, 0.25) is 0 Å². The Morgan fingerprint density at radius 2 is 2.38 bits per heavy atom. The molecule has 0 amide bonds. The first-order chi connectivity index (χ1) is 7.81. The maximum absolute atomic E-state index is 13.6. The Bertz CT molecular complexity index is 458. The monoisotopic (exact) mass is 238 g/mol. The van der Waals surface area contributed by atoms with Crippen molar-refractivity contribution in [1.82, 2.24) is 20.5 Å². The SMILES string of the molecule is CNCc1c(F)cccc1Sc1ncn[nH]1. The van der Waals surface area contributed by atoms with E-state index in [1.54, 1.807) is 13.1 Å². The van der Waals surface area contributed by atoms with Crippen molar-refractivity contribution in [2.24, 2.45) is 0 Å². The van der Waals surface area contributed by atoms with Gasteiger partial charge in [-0.3, -0.25) is 5.10 Å². The van der Waals surface area contributed by atoms with E-state index in [1.807, 2.05) is 6.07 Å². The van der Waals surface area contributed by atoms with Gasteiger partial charge in [0.1, 0.15) is 12.1 Å². The minimum Gasteiger partial charge on any atom is -0.316 e. The van der Waals surface area contributed by atoms with Crippen LogP contribution in [0, 0.1) is 5.82 Å². The van der Waals surface area contributed by atoms with Crippen LogP contribution in [0.1, 0.15) is 5.56 Å². The van der Waals surface area contributed by atoms with Gasteiger partial charge in [-0.15, -0.1) is 0 Å². The summed E-state index contributed by atoms with van der Waals surface area (Å²) in [4.78, 5) is 4.83. The predicted octanol–water partition coefficient (Wildman–Crippen LogP) is 1.81. The van der Waals surface area contributed by atoms with Crippen LogP contribution < -0.4 is 5.32 Å². The standard InChI is InChI=1S/C10H11FN4S/c1-12-5-7-8(11)3-2-4-9(7)16-10-13-6-14-15-10/h2-4,6,12H,5H2,1H3,(H,13,14,15). The molecule has 0 unspecified atom stereocenters. The zero-order valence-electron chi connectivity index (χ0n) is 8.70. The lowest BCUT2D eigenvalue weighted by atomic mass is 10.2. The van der Waals surface area contributed by atoms with E-state index in [-0.39, 0.29) is 5.82 Å². The van der Waals surface area contributed by atoms with E-state index < -0.39 is 0 Å². The van der Waals surface area contributed by atoms with E-state index in [0.29, 0.717) is 17.3 Å². The van der Waals surface area contributed by atoms with Crippen LogP contribution in [0.15, 0.2) is 34.6 Å². The zero-order valence-corrected chi connectivity index (χ0v) is 9.51. The minimum absolute atomic E-state index is 0.209. The second-order valence-electron chi connectivity index (χ2n) is 3.14. The third kappa shape index (κ3) is 2.40. The Morgan fingerprint density at radius 3 is 3.06 bits per heavy atom. The fourth-order valence-electron chi connectivity index (χ4n) is 1.33. The fraction of sp³-hybridized carbons (Fsp3) is 0.200. The molecule has 0 fully saturated rings. The molecular weight excluding hydrogens is 227 g/mol. The van der Waals surface area contributed by atoms with Gasteiger partial charge in [0.15, 0.2) is 5.16 Å². The third-order valence-corrected chi connectivity index (χ3v) is 3.02. The van der Waals surface area contributed by atoms with E-state index in [1.165, 1.54) is 24.2 Å². The van der Waals surface area contributed by atoms with Crippen molar-refractivity contribution in [3.05, 3.63) is 35.9 Å². The molecule has 0 saturated carbocycles. The summed E-state index contributed by atoms with van der Waals surface area (Å²) >= 11 is 1.37. The largest absolute Gasteiger partial charge is 0.316 e. The highest BCUT2D eigenvalue weighted by Gasteiger charge is 2.09. The molecule has 0 aliphatic rings. The average Bonchev–Trinajstić information content (AvgIpc) is 2.76. The molecule has 0 atom stereocenters. The number of aromatic amines is 1. The van der Waals surface area contributed by atoms with Crippen molar-refractivity contribution in [3.8, 4) is 0 Å². The lowest BCUT2D eigenvalue weighted by Crippen LogP contribution is -2.08. The summed E-state index contributed by atoms with van der Waals surface area (Å²) in [6, 6.07) is 5.01. The Hall–Kier alpha value is -1.40. The normalized spacial score (nSPS) is 10.6. The number of rotatable bonds is 4. The highest BCUT2D eigenvalue weighted by atomic mass is 32.2. The maximum atomic E-state index is 13.6. The van der Waals surface area contributed by atoms with Crippen molar-refractivity contribution in [2.75, 3.05) is 7.05 Å². The van der Waals surface area contributed by atoms with Gasteiger partial charge in [0.05, 0.1) is 0 Å². The minimum atomic E-state index is -0.209. The molecule has 0 bridgehead atoms. The van der Waals surface area contributed by atoms with Gasteiger partial charge in [-0.05, 0) is 30.9 Å². The predicted molar refractivity (Wildman–Crippen MR) is 59.7 cm³/mol. The zero-order chi connectivity index (χ0) is 11.4. The smallest absolute Gasteiger partial charge is 0.188 e. The molecule has 2 N–H and O–H groups in total. The first-order valence-corrected chi connectivity index (χ1v) is 5.58. The number of aromatic nitrogens is 3. The van der Waals surface area contributed by atoms with Crippen molar-refractivity contribution in [2.45, 2.75) is 16.6 Å². The van der Waals surface area contributed by atoms with Gasteiger partial charge in [-0.2, -0.15) is 5.10 Å². The van der Waals surface area contributed by atoms with Gasteiger partial charge >= 0.3 is 0 Å². The van der Waals surface area contributed by atoms with E-state index in [0.717, 1.165) is 4.90 Å². The Kier molecular flexibility index (Phi) is 3.53. The van der Waals surface area contributed by atoms with Crippen LogP contribution in [-0.2, 0) is 6.54 Å². The highest BCUT2D eigenvalue weighted by Crippen LogP contribution is 2.28. The third-order valence-electron chi connectivity index (χ3n) is 2.03. The van der Waals surface area contributed by atoms with Crippen LogP contribution in [0.3, 0.4) is 0 Å². The average molecular weight is 238 g/mol. The number of benzene rings is 1.